The van der Waals surface area contributed by atoms with Crippen LogP contribution in [-0.2, 0) is 4.79 Å². The van der Waals surface area contributed by atoms with Crippen LogP contribution in [0.25, 0.3) is 0 Å². The highest BCUT2D eigenvalue weighted by Gasteiger charge is 2.19. The number of hydrogen-bond donors (Lipinski definition) is 1. The van der Waals surface area contributed by atoms with Gasteiger partial charge in [-0.05, 0) is 23.6 Å². The highest BCUT2D eigenvalue weighted by molar-refractivity contribution is 6.40. The summed E-state index contributed by atoms with van der Waals surface area (Å²) in [6.45, 7) is 4.01. The van der Waals surface area contributed by atoms with Crippen LogP contribution in [0, 0.1) is 0 Å². The van der Waals surface area contributed by atoms with Crippen molar-refractivity contribution in [3.8, 4) is 5.75 Å². The van der Waals surface area contributed by atoms with Gasteiger partial charge in [0.05, 0.1) is 12.7 Å². The molecule has 0 aliphatic heterocycles. The van der Waals surface area contributed by atoms with Crippen molar-refractivity contribution in [2.45, 2.75) is 19.8 Å². The summed E-state index contributed by atoms with van der Waals surface area (Å²) < 4.78 is 5.02. The summed E-state index contributed by atoms with van der Waals surface area (Å²) in [7, 11) is 1.41. The van der Waals surface area contributed by atoms with E-state index in [9.17, 15) is 9.59 Å². The average molecular weight is 222 g/mol. The van der Waals surface area contributed by atoms with Crippen LogP contribution in [0.5, 0.6) is 5.75 Å². The monoisotopic (exact) mass is 222 g/mol. The molecule has 0 fully saturated rings. The zero-order valence-electron chi connectivity index (χ0n) is 9.48. The first-order chi connectivity index (χ1) is 7.47. The summed E-state index contributed by atoms with van der Waals surface area (Å²) in [6.07, 6.45) is 0. The number of hydrogen-bond acceptors (Lipinski definition) is 3. The van der Waals surface area contributed by atoms with Gasteiger partial charge < -0.3 is 9.84 Å². The molecule has 1 N–H and O–H groups in total. The summed E-state index contributed by atoms with van der Waals surface area (Å²) in [4.78, 5) is 21.9. The number of carboxylic acid groups (broad SMARTS) is 1. The van der Waals surface area contributed by atoms with Gasteiger partial charge in [-0.25, -0.2) is 4.79 Å². The standard InChI is InChI=1S/C12H14O4/c1-7(2)8-4-5-9(10(6-8)16-3)11(13)12(14)15/h4-7H,1-3H3,(H,14,15). The number of aliphatic carboxylic acids is 1. The van der Waals surface area contributed by atoms with Crippen molar-refractivity contribution in [2.24, 2.45) is 0 Å². The van der Waals surface area contributed by atoms with E-state index >= 15 is 0 Å². The molecule has 1 aromatic carbocycles. The van der Waals surface area contributed by atoms with Crippen LogP contribution >= 0.6 is 0 Å². The Morgan fingerprint density at radius 2 is 1.94 bits per heavy atom. The maximum absolute atomic E-state index is 11.3. The van der Waals surface area contributed by atoms with Crippen molar-refractivity contribution in [1.29, 1.82) is 0 Å². The van der Waals surface area contributed by atoms with Crippen LogP contribution in [-0.4, -0.2) is 24.0 Å². The minimum atomic E-state index is -1.48. The molecule has 0 atom stereocenters. The normalized spacial score (nSPS) is 10.2. The van der Waals surface area contributed by atoms with E-state index in [0.29, 0.717) is 11.7 Å². The maximum atomic E-state index is 11.3. The highest BCUT2D eigenvalue weighted by Crippen LogP contribution is 2.25. The molecule has 1 rings (SSSR count). The number of carbonyl (C=O) groups is 2. The molecule has 1 aromatic rings. The fourth-order valence-electron chi connectivity index (χ4n) is 1.37. The Hall–Kier alpha value is -1.84. The second kappa shape index (κ2) is 4.79. The number of Topliss-reactive ketones (excluding diaryl/α,β-unsaturated/α-hetero) is 1. The summed E-state index contributed by atoms with van der Waals surface area (Å²) >= 11 is 0. The molecule has 0 amide bonds. The molecule has 0 unspecified atom stereocenters. The third kappa shape index (κ3) is 2.39. The number of ether oxygens (including phenoxy) is 1. The largest absolute Gasteiger partial charge is 0.496 e. The third-order valence-electron chi connectivity index (χ3n) is 2.33. The van der Waals surface area contributed by atoms with Gasteiger partial charge in [0.2, 0.25) is 0 Å². The Bertz CT molecular complexity index is 421. The lowest BCUT2D eigenvalue weighted by Gasteiger charge is -2.10. The van der Waals surface area contributed by atoms with Crippen LogP contribution in [0.4, 0.5) is 0 Å². The first kappa shape index (κ1) is 12.2. The molecule has 0 aliphatic carbocycles. The fourth-order valence-corrected chi connectivity index (χ4v) is 1.37. The summed E-state index contributed by atoms with van der Waals surface area (Å²) in [5.74, 6) is -1.83. The summed E-state index contributed by atoms with van der Waals surface area (Å²) in [6, 6.07) is 4.93. The molecule has 0 aliphatic rings. The molecule has 16 heavy (non-hydrogen) atoms. The number of methoxy groups -OCH3 is 1. The minimum absolute atomic E-state index is 0.0828. The Labute approximate surface area is 93.9 Å². The minimum Gasteiger partial charge on any atom is -0.496 e. The third-order valence-corrected chi connectivity index (χ3v) is 2.33. The van der Waals surface area contributed by atoms with Gasteiger partial charge >= 0.3 is 5.97 Å². The molecule has 4 nitrogen and oxygen atoms in total. The van der Waals surface area contributed by atoms with E-state index in [2.05, 4.69) is 0 Å². The zero-order valence-corrected chi connectivity index (χ0v) is 9.48. The van der Waals surface area contributed by atoms with Crippen molar-refractivity contribution < 1.29 is 19.4 Å². The van der Waals surface area contributed by atoms with Gasteiger partial charge in [-0.3, -0.25) is 4.79 Å². The van der Waals surface area contributed by atoms with E-state index < -0.39 is 11.8 Å². The van der Waals surface area contributed by atoms with Gasteiger partial charge in [0.15, 0.2) is 0 Å². The van der Waals surface area contributed by atoms with Crippen molar-refractivity contribution >= 4 is 11.8 Å². The number of carboxylic acids is 1. The summed E-state index contributed by atoms with van der Waals surface area (Å²) in [5, 5.41) is 8.63. The van der Waals surface area contributed by atoms with E-state index in [-0.39, 0.29) is 5.56 Å². The first-order valence-corrected chi connectivity index (χ1v) is 4.93. The van der Waals surface area contributed by atoms with Crippen LogP contribution in [0.15, 0.2) is 18.2 Å². The van der Waals surface area contributed by atoms with Crippen molar-refractivity contribution in [1.82, 2.24) is 0 Å². The predicted octanol–water partition coefficient (Wildman–Crippen LogP) is 2.09. The molecule has 0 saturated heterocycles. The van der Waals surface area contributed by atoms with E-state index in [1.807, 2.05) is 13.8 Å². The number of benzene rings is 1. The Morgan fingerprint density at radius 1 is 1.31 bits per heavy atom. The van der Waals surface area contributed by atoms with Gasteiger partial charge in [0.25, 0.3) is 5.78 Å². The van der Waals surface area contributed by atoms with Crippen LogP contribution in [0.2, 0.25) is 0 Å². The molecule has 0 saturated carbocycles. The van der Waals surface area contributed by atoms with Crippen molar-refractivity contribution in [2.75, 3.05) is 7.11 Å². The maximum Gasteiger partial charge on any atom is 0.377 e. The van der Waals surface area contributed by atoms with Gasteiger partial charge in [0, 0.05) is 0 Å². The lowest BCUT2D eigenvalue weighted by Crippen LogP contribution is -2.14. The second-order valence-corrected chi connectivity index (χ2v) is 3.75. The molecule has 0 radical (unpaired) electrons. The Kier molecular flexibility index (Phi) is 3.66. The molecular weight excluding hydrogens is 208 g/mol. The van der Waals surface area contributed by atoms with Crippen LogP contribution in [0.1, 0.15) is 35.7 Å². The van der Waals surface area contributed by atoms with Gasteiger partial charge in [-0.15, -0.1) is 0 Å². The van der Waals surface area contributed by atoms with Gasteiger partial charge in [0.1, 0.15) is 5.75 Å². The van der Waals surface area contributed by atoms with E-state index in [0.717, 1.165) is 5.56 Å². The van der Waals surface area contributed by atoms with E-state index in [1.54, 1.807) is 12.1 Å². The number of ketones is 1. The van der Waals surface area contributed by atoms with Gasteiger partial charge in [-0.1, -0.05) is 19.9 Å². The quantitative estimate of drug-likeness (QED) is 0.625. The van der Waals surface area contributed by atoms with E-state index in [4.69, 9.17) is 9.84 Å². The number of carbonyl (C=O) groups excluding carboxylic acids is 1. The Morgan fingerprint density at radius 3 is 2.38 bits per heavy atom. The zero-order chi connectivity index (χ0) is 12.3. The van der Waals surface area contributed by atoms with Crippen LogP contribution in [0.3, 0.4) is 0 Å². The highest BCUT2D eigenvalue weighted by atomic mass is 16.5. The number of rotatable bonds is 4. The average Bonchev–Trinajstić information content (AvgIpc) is 2.26. The molecule has 0 bridgehead atoms. The molecule has 86 valence electrons. The molecular formula is C12H14O4. The topological polar surface area (TPSA) is 63.6 Å². The molecule has 4 heteroatoms. The van der Waals surface area contributed by atoms with Crippen LogP contribution < -0.4 is 4.74 Å². The van der Waals surface area contributed by atoms with Gasteiger partial charge in [-0.2, -0.15) is 0 Å². The lowest BCUT2D eigenvalue weighted by atomic mass is 9.99. The first-order valence-electron chi connectivity index (χ1n) is 4.93. The molecule has 0 spiro atoms. The summed E-state index contributed by atoms with van der Waals surface area (Å²) in [5.41, 5.74) is 1.08. The van der Waals surface area contributed by atoms with Crippen molar-refractivity contribution in [3.05, 3.63) is 29.3 Å². The smallest absolute Gasteiger partial charge is 0.377 e. The Balaban J connectivity index is 3.22. The van der Waals surface area contributed by atoms with Crippen molar-refractivity contribution in [3.63, 3.8) is 0 Å². The molecule has 0 heterocycles. The molecule has 0 aromatic heterocycles. The lowest BCUT2D eigenvalue weighted by molar-refractivity contribution is -0.131. The SMILES string of the molecule is COc1cc(C(C)C)ccc1C(=O)C(=O)O. The second-order valence-electron chi connectivity index (χ2n) is 3.75. The predicted molar refractivity (Wildman–Crippen MR) is 59.0 cm³/mol. The fraction of sp³-hybridized carbons (Fsp3) is 0.333. The van der Waals surface area contributed by atoms with E-state index in [1.165, 1.54) is 13.2 Å².